The van der Waals surface area contributed by atoms with Crippen LogP contribution in [0, 0.1) is 0 Å². The minimum atomic E-state index is 0.461. The summed E-state index contributed by atoms with van der Waals surface area (Å²) in [6, 6.07) is 12.2. The maximum absolute atomic E-state index is 6.45. The van der Waals surface area contributed by atoms with Crippen LogP contribution in [0.2, 0.25) is 0 Å². The normalized spacial score (nSPS) is 11.4. The van der Waals surface area contributed by atoms with Gasteiger partial charge in [0.25, 0.3) is 0 Å². The van der Waals surface area contributed by atoms with Crippen molar-refractivity contribution < 1.29 is 4.74 Å². The number of methoxy groups -OCH3 is 1. The minimum Gasteiger partial charge on any atom is -0.494 e. The van der Waals surface area contributed by atoms with Crippen LogP contribution in [0.1, 0.15) is 0 Å². The highest BCUT2D eigenvalue weighted by atomic mass is 16.5. The number of likely N-dealkylation sites (N-methyl/N-ethyl adjacent to an activating group) is 2. The first-order valence-electron chi connectivity index (χ1n) is 12.8. The zero-order valence-electron chi connectivity index (χ0n) is 23.3. The van der Waals surface area contributed by atoms with Crippen molar-refractivity contribution in [2.45, 2.75) is 0 Å². The molecule has 0 unspecified atom stereocenters. The van der Waals surface area contributed by atoms with Crippen LogP contribution in [0.5, 0.6) is 5.75 Å². The van der Waals surface area contributed by atoms with E-state index in [9.17, 15) is 0 Å². The van der Waals surface area contributed by atoms with E-state index in [-0.39, 0.29) is 0 Å². The molecule has 0 saturated heterocycles. The Morgan fingerprint density at radius 2 is 1.82 bits per heavy atom. The predicted molar refractivity (Wildman–Crippen MR) is 159 cm³/mol. The first-order valence-corrected chi connectivity index (χ1v) is 12.8. The number of hydrogen-bond donors (Lipinski definition) is 2. The summed E-state index contributed by atoms with van der Waals surface area (Å²) in [6.45, 7) is 1.75. The number of nitrogens with zero attached hydrogens (tertiary/aromatic N) is 7. The van der Waals surface area contributed by atoms with E-state index < -0.39 is 0 Å². The van der Waals surface area contributed by atoms with Crippen molar-refractivity contribution in [2.75, 3.05) is 57.3 Å². The Morgan fingerprint density at radius 1 is 1.00 bits per heavy atom. The number of aryl methyl sites for hydroxylation is 2. The van der Waals surface area contributed by atoms with E-state index in [1.165, 1.54) is 0 Å². The second-order valence-corrected chi connectivity index (χ2v) is 10.0. The van der Waals surface area contributed by atoms with Gasteiger partial charge in [-0.05, 0) is 37.9 Å². The van der Waals surface area contributed by atoms with Gasteiger partial charge in [0.05, 0.1) is 36.1 Å². The molecule has 0 aliphatic rings. The Morgan fingerprint density at radius 3 is 2.54 bits per heavy atom. The molecule has 0 amide bonds. The third-order valence-electron chi connectivity index (χ3n) is 6.85. The maximum Gasteiger partial charge on any atom is 0.227 e. The highest BCUT2D eigenvalue weighted by molar-refractivity contribution is 5.97. The Bertz CT molecular complexity index is 1620. The number of nitrogens with two attached hydrogens (primary N) is 1. The van der Waals surface area contributed by atoms with E-state index in [0.717, 1.165) is 52.1 Å². The van der Waals surface area contributed by atoms with Gasteiger partial charge in [-0.1, -0.05) is 12.1 Å². The van der Waals surface area contributed by atoms with Gasteiger partial charge >= 0.3 is 0 Å². The van der Waals surface area contributed by atoms with E-state index in [2.05, 4.69) is 68.3 Å². The molecule has 0 spiro atoms. The average Bonchev–Trinajstić information content (AvgIpc) is 3.50. The third kappa shape index (κ3) is 5.37. The van der Waals surface area contributed by atoms with Crippen LogP contribution in [0.15, 0.2) is 61.2 Å². The standard InChI is InChI=1S/C29H35N9O/c1-35(2)11-12-36(3)27-15-28(39-6)25(14-23(27)30)34-29-31-10-9-24(33-29)22-18-37(4)26-13-19(7-8-21(22)26)20-16-32-38(5)17-20/h7-10,13-18H,11-12,30H2,1-6H3,(H,31,33,34). The summed E-state index contributed by atoms with van der Waals surface area (Å²) in [7, 11) is 11.7. The third-order valence-corrected chi connectivity index (χ3v) is 6.85. The molecule has 0 bridgehead atoms. The molecule has 3 aromatic heterocycles. The van der Waals surface area contributed by atoms with Crippen LogP contribution in [0.3, 0.4) is 0 Å². The molecule has 10 nitrogen and oxygen atoms in total. The van der Waals surface area contributed by atoms with Gasteiger partial charge in [0.15, 0.2) is 0 Å². The predicted octanol–water partition coefficient (Wildman–Crippen LogP) is 4.37. The van der Waals surface area contributed by atoms with E-state index in [0.29, 0.717) is 23.1 Å². The zero-order chi connectivity index (χ0) is 27.7. The van der Waals surface area contributed by atoms with Gasteiger partial charge in [0, 0.05) is 80.9 Å². The fourth-order valence-corrected chi connectivity index (χ4v) is 4.68. The number of ether oxygens (including phenoxy) is 1. The first kappa shape index (κ1) is 26.1. The minimum absolute atomic E-state index is 0.461. The quantitative estimate of drug-likeness (QED) is 0.274. The van der Waals surface area contributed by atoms with Crippen LogP contribution >= 0.6 is 0 Å². The van der Waals surface area contributed by atoms with Gasteiger partial charge in [-0.25, -0.2) is 9.97 Å². The number of benzene rings is 2. The van der Waals surface area contributed by atoms with Crippen LogP contribution in [0.4, 0.5) is 23.0 Å². The molecule has 0 radical (unpaired) electrons. The summed E-state index contributed by atoms with van der Waals surface area (Å²) in [5.41, 5.74) is 13.9. The number of hydrogen-bond acceptors (Lipinski definition) is 8. The highest BCUT2D eigenvalue weighted by Crippen LogP contribution is 2.37. The van der Waals surface area contributed by atoms with Gasteiger partial charge in [0.1, 0.15) is 5.75 Å². The SMILES string of the molecule is COc1cc(N(C)CCN(C)C)c(N)cc1Nc1nccc(-c2cn(C)c3cc(-c4cnn(C)c4)ccc23)n1. The molecule has 0 aliphatic carbocycles. The lowest BCUT2D eigenvalue weighted by Gasteiger charge is -2.24. The molecular formula is C29H35N9O. The van der Waals surface area contributed by atoms with Gasteiger partial charge < -0.3 is 30.2 Å². The fourth-order valence-electron chi connectivity index (χ4n) is 4.68. The lowest BCUT2D eigenvalue weighted by atomic mass is 10.0. The van der Waals surface area contributed by atoms with Crippen molar-refractivity contribution in [2.24, 2.45) is 14.1 Å². The number of anilines is 4. The Kier molecular flexibility index (Phi) is 7.12. The number of nitrogen functional groups attached to an aromatic ring is 1. The first-order chi connectivity index (χ1) is 18.7. The Labute approximate surface area is 228 Å². The maximum atomic E-state index is 6.45. The summed E-state index contributed by atoms with van der Waals surface area (Å²) in [5, 5.41) is 8.72. The summed E-state index contributed by atoms with van der Waals surface area (Å²) < 4.78 is 9.62. The van der Waals surface area contributed by atoms with Gasteiger partial charge in [-0.2, -0.15) is 5.10 Å². The molecular weight excluding hydrogens is 490 g/mol. The Hall–Kier alpha value is -4.57. The molecule has 3 N–H and O–H groups in total. The molecule has 39 heavy (non-hydrogen) atoms. The van der Waals surface area contributed by atoms with Gasteiger partial charge in [-0.15, -0.1) is 0 Å². The molecule has 3 heterocycles. The van der Waals surface area contributed by atoms with Crippen LogP contribution < -0.4 is 20.7 Å². The second kappa shape index (κ2) is 10.7. The van der Waals surface area contributed by atoms with Crippen LogP contribution in [0.25, 0.3) is 33.3 Å². The summed E-state index contributed by atoms with van der Waals surface area (Å²) in [5.74, 6) is 1.13. The van der Waals surface area contributed by atoms with Gasteiger partial charge in [0.2, 0.25) is 5.95 Å². The summed E-state index contributed by atoms with van der Waals surface area (Å²) >= 11 is 0. The lowest BCUT2D eigenvalue weighted by molar-refractivity contribution is 0.413. The van der Waals surface area contributed by atoms with Gasteiger partial charge in [-0.3, -0.25) is 4.68 Å². The van der Waals surface area contributed by atoms with Crippen molar-refractivity contribution in [3.05, 3.63) is 61.2 Å². The van der Waals surface area contributed by atoms with E-state index in [4.69, 9.17) is 15.5 Å². The van der Waals surface area contributed by atoms with Crippen molar-refractivity contribution >= 4 is 33.9 Å². The molecule has 202 valence electrons. The molecule has 0 saturated carbocycles. The molecule has 0 atom stereocenters. The Balaban J connectivity index is 1.44. The van der Waals surface area contributed by atoms with Crippen molar-refractivity contribution in [1.29, 1.82) is 0 Å². The molecule has 5 aromatic rings. The number of aromatic nitrogens is 5. The lowest BCUT2D eigenvalue weighted by Crippen LogP contribution is -2.29. The van der Waals surface area contributed by atoms with E-state index in [1.807, 2.05) is 56.4 Å². The van der Waals surface area contributed by atoms with Crippen LogP contribution in [-0.2, 0) is 14.1 Å². The summed E-state index contributed by atoms with van der Waals surface area (Å²) in [4.78, 5) is 13.6. The van der Waals surface area contributed by atoms with E-state index >= 15 is 0 Å². The monoisotopic (exact) mass is 525 g/mol. The smallest absolute Gasteiger partial charge is 0.227 e. The molecule has 0 aliphatic heterocycles. The molecule has 0 fully saturated rings. The topological polar surface area (TPSA) is 102 Å². The zero-order valence-corrected chi connectivity index (χ0v) is 23.3. The number of rotatable bonds is 9. The van der Waals surface area contributed by atoms with Crippen molar-refractivity contribution in [3.8, 4) is 28.1 Å². The number of nitrogens with one attached hydrogen (secondary N) is 1. The largest absolute Gasteiger partial charge is 0.494 e. The highest BCUT2D eigenvalue weighted by Gasteiger charge is 2.16. The second-order valence-electron chi connectivity index (χ2n) is 10.0. The molecule has 5 rings (SSSR count). The van der Waals surface area contributed by atoms with E-state index in [1.54, 1.807) is 13.3 Å². The fraction of sp³-hybridized carbons (Fsp3) is 0.276. The number of fused-ring (bicyclic) bond motifs is 1. The average molecular weight is 526 g/mol. The van der Waals surface area contributed by atoms with Crippen molar-refractivity contribution in [1.82, 2.24) is 29.2 Å². The molecule has 2 aromatic carbocycles. The summed E-state index contributed by atoms with van der Waals surface area (Å²) in [6.07, 6.45) is 7.75. The van der Waals surface area contributed by atoms with Crippen molar-refractivity contribution in [3.63, 3.8) is 0 Å². The molecule has 10 heteroatoms. The van der Waals surface area contributed by atoms with Crippen LogP contribution in [-0.4, -0.2) is 70.6 Å².